The van der Waals surface area contributed by atoms with E-state index in [9.17, 15) is 4.79 Å². The topological polar surface area (TPSA) is 78.0 Å². The van der Waals surface area contributed by atoms with E-state index < -0.39 is 43.0 Å². The first kappa shape index (κ1) is 14.5. The van der Waals surface area contributed by atoms with Gasteiger partial charge in [-0.15, -0.1) is 0 Å². The SMILES string of the molecule is O.[CH3][Sn]([CH3])[O][Sn]([CH3])([CH3])[C](=O)O. The van der Waals surface area contributed by atoms with E-state index in [0.29, 0.717) is 0 Å². The Labute approximate surface area is 78.9 Å². The molecule has 11 heavy (non-hydrogen) atoms. The molecule has 0 bridgehead atoms. The molecule has 0 aliphatic heterocycles. The molecule has 0 aliphatic rings. The fraction of sp³-hybridized carbons (Fsp3) is 0.800. The minimum absolute atomic E-state index is 0. The van der Waals surface area contributed by atoms with Crippen LogP contribution < -0.4 is 0 Å². The van der Waals surface area contributed by atoms with Crippen molar-refractivity contribution in [2.75, 3.05) is 0 Å². The van der Waals surface area contributed by atoms with Crippen LogP contribution in [-0.4, -0.2) is 53.5 Å². The molecule has 0 aromatic rings. The Bertz CT molecular complexity index is 134. The van der Waals surface area contributed by atoms with Crippen LogP contribution in [0.5, 0.6) is 0 Å². The maximum atomic E-state index is 10.6. The summed E-state index contributed by atoms with van der Waals surface area (Å²) in [4.78, 5) is 18.3. The van der Waals surface area contributed by atoms with Gasteiger partial charge >= 0.3 is 74.0 Å². The van der Waals surface area contributed by atoms with Gasteiger partial charge in [0.25, 0.3) is 0 Å². The fourth-order valence-corrected chi connectivity index (χ4v) is 24.9. The summed E-state index contributed by atoms with van der Waals surface area (Å²) in [5.74, 6) is 0. The van der Waals surface area contributed by atoms with Gasteiger partial charge in [0, 0.05) is 0 Å². The quantitative estimate of drug-likeness (QED) is 0.743. The third kappa shape index (κ3) is 6.18. The van der Waals surface area contributed by atoms with Crippen molar-refractivity contribution in [2.24, 2.45) is 0 Å². The van der Waals surface area contributed by atoms with E-state index in [1.54, 1.807) is 9.88 Å². The van der Waals surface area contributed by atoms with E-state index in [4.69, 9.17) is 6.52 Å². The van der Waals surface area contributed by atoms with Gasteiger partial charge in [0.2, 0.25) is 0 Å². The van der Waals surface area contributed by atoms with Crippen LogP contribution in [0.3, 0.4) is 0 Å². The number of hydrogen-bond donors (Lipinski definition) is 1. The van der Waals surface area contributed by atoms with Crippen LogP contribution in [0.4, 0.5) is 4.79 Å². The predicted octanol–water partition coefficient (Wildman–Crippen LogP) is 0.894. The second-order valence-corrected chi connectivity index (χ2v) is 22.3. The van der Waals surface area contributed by atoms with Gasteiger partial charge in [0.05, 0.1) is 0 Å². The van der Waals surface area contributed by atoms with Gasteiger partial charge in [-0.25, -0.2) is 0 Å². The number of carbonyl (C=O) groups is 1. The average Bonchev–Trinajstić information content (AvgIpc) is 1.60. The maximum absolute atomic E-state index is 10.6. The molecule has 0 rings (SSSR count). The normalized spacial score (nSPS) is 11.0. The molecule has 0 spiro atoms. The first-order chi connectivity index (χ1) is 4.36. The first-order valence-corrected chi connectivity index (χ1v) is 18.3. The van der Waals surface area contributed by atoms with Crippen LogP contribution in [-0.2, 0) is 1.41 Å². The molecular formula is C5H15O4Sn2. The van der Waals surface area contributed by atoms with Crippen LogP contribution in [0, 0.1) is 0 Å². The molecule has 0 unspecified atom stereocenters. The summed E-state index contributed by atoms with van der Waals surface area (Å²) in [6, 6.07) is 0. The standard InChI is InChI=1S/CHO2.4CH3.H2O.O.2Sn/c2-1-3;;;;;;;;/h(H,2,3);4*1H3;1H2;;;. The summed E-state index contributed by atoms with van der Waals surface area (Å²) >= 11 is -4.67. The van der Waals surface area contributed by atoms with Crippen molar-refractivity contribution in [3.05, 3.63) is 0 Å². The summed E-state index contributed by atoms with van der Waals surface area (Å²) in [5, 5.41) is 8.69. The summed E-state index contributed by atoms with van der Waals surface area (Å²) in [5.41, 5.74) is 0. The molecule has 0 saturated carbocycles. The van der Waals surface area contributed by atoms with Crippen LogP contribution in [0.2, 0.25) is 19.8 Å². The molecular weight excluding hydrogens is 361 g/mol. The molecule has 0 fully saturated rings. The molecule has 0 aliphatic carbocycles. The Hall–Kier alpha value is 0.987. The molecule has 3 N–H and O–H groups in total. The summed E-state index contributed by atoms with van der Waals surface area (Å²) < 4.78 is 4.84. The summed E-state index contributed by atoms with van der Waals surface area (Å²) in [6.45, 7) is 0. The molecule has 6 heteroatoms. The zero-order chi connectivity index (χ0) is 8.36. The van der Waals surface area contributed by atoms with E-state index in [2.05, 4.69) is 9.88 Å². The van der Waals surface area contributed by atoms with Crippen molar-refractivity contribution in [3.63, 3.8) is 0 Å². The molecule has 1 radical (unpaired) electrons. The third-order valence-electron chi connectivity index (χ3n) is 0.974. The van der Waals surface area contributed by atoms with Gasteiger partial charge in [-0.05, 0) is 0 Å². The van der Waals surface area contributed by atoms with Crippen LogP contribution in [0.15, 0.2) is 0 Å². The Morgan fingerprint density at radius 3 is 1.91 bits per heavy atom. The van der Waals surface area contributed by atoms with Gasteiger partial charge in [-0.2, -0.15) is 0 Å². The molecule has 67 valence electrons. The van der Waals surface area contributed by atoms with Crippen LogP contribution in [0.1, 0.15) is 0 Å². The zero-order valence-electron chi connectivity index (χ0n) is 7.26. The van der Waals surface area contributed by atoms with E-state index in [-0.39, 0.29) is 5.48 Å². The minimum atomic E-state index is -3.04. The molecule has 0 atom stereocenters. The number of hydrogen-bond acceptors (Lipinski definition) is 2. The van der Waals surface area contributed by atoms with Crippen molar-refractivity contribution >= 4 is 43.0 Å². The molecule has 0 aromatic carbocycles. The first-order valence-electron chi connectivity index (χ1n) is 3.09. The third-order valence-corrected chi connectivity index (χ3v) is 24.1. The molecule has 0 heterocycles. The Kier molecular flexibility index (Phi) is 7.39. The zero-order valence-corrected chi connectivity index (χ0v) is 13.0. The number of rotatable bonds is 3. The van der Waals surface area contributed by atoms with Crippen molar-refractivity contribution in [1.82, 2.24) is 0 Å². The second-order valence-electron chi connectivity index (χ2n) is 2.83. The van der Waals surface area contributed by atoms with Gasteiger partial charge in [-0.3, -0.25) is 0 Å². The van der Waals surface area contributed by atoms with Crippen molar-refractivity contribution in [2.45, 2.75) is 19.8 Å². The fourth-order valence-electron chi connectivity index (χ4n) is 0.554. The van der Waals surface area contributed by atoms with E-state index >= 15 is 0 Å². The van der Waals surface area contributed by atoms with Crippen molar-refractivity contribution < 1.29 is 16.8 Å². The van der Waals surface area contributed by atoms with Crippen LogP contribution in [0.25, 0.3) is 0 Å². The van der Waals surface area contributed by atoms with Gasteiger partial charge < -0.3 is 5.48 Å². The average molecular weight is 377 g/mol. The van der Waals surface area contributed by atoms with Crippen molar-refractivity contribution in [1.29, 1.82) is 0 Å². The van der Waals surface area contributed by atoms with E-state index in [1.165, 1.54) is 0 Å². The predicted molar refractivity (Wildman–Crippen MR) is 47.7 cm³/mol. The van der Waals surface area contributed by atoms with Gasteiger partial charge in [0.1, 0.15) is 0 Å². The van der Waals surface area contributed by atoms with E-state index in [0.717, 1.165) is 0 Å². The Balaban J connectivity index is 0. The van der Waals surface area contributed by atoms with Gasteiger partial charge in [0.15, 0.2) is 0 Å². The Morgan fingerprint density at radius 1 is 1.45 bits per heavy atom. The summed E-state index contributed by atoms with van der Waals surface area (Å²) in [7, 11) is 0. The van der Waals surface area contributed by atoms with Crippen LogP contribution >= 0.6 is 0 Å². The molecule has 0 saturated heterocycles. The molecule has 0 amide bonds. The summed E-state index contributed by atoms with van der Waals surface area (Å²) in [6.07, 6.45) is 0. The van der Waals surface area contributed by atoms with Crippen molar-refractivity contribution in [3.8, 4) is 0 Å². The van der Waals surface area contributed by atoms with E-state index in [1.807, 2.05) is 0 Å². The molecule has 0 aromatic heterocycles. The molecule has 4 nitrogen and oxygen atoms in total. The second kappa shape index (κ2) is 5.60. The van der Waals surface area contributed by atoms with Gasteiger partial charge in [-0.1, -0.05) is 0 Å². The number of carboxylic acid groups (broad SMARTS) is 1. The Morgan fingerprint density at radius 2 is 1.82 bits per heavy atom. The monoisotopic (exact) mass is 379 g/mol.